The number of ether oxygens (including phenoxy) is 3. The standard InChI is InChI=1S/C31H46O9/c1-2-7-21-9-11-24(12-10-21)39-29-31(28(36)26(35)27(40-29)25(34)8-6-16-32)19-23(20-33)22(13-17-38-31)18-30(37)14-4-3-5-15-30/h2,9-13,17,22-23,25-29,32-37H,1,3-8,14-16,18-20H2. The molecule has 0 bridgehead atoms. The molecule has 40 heavy (non-hydrogen) atoms. The van der Waals surface area contributed by atoms with E-state index < -0.39 is 47.8 Å². The van der Waals surface area contributed by atoms with Gasteiger partial charge in [0.25, 0.3) is 0 Å². The van der Waals surface area contributed by atoms with Gasteiger partial charge in [-0.15, -0.1) is 6.58 Å². The Bertz CT molecular complexity index is 960. The lowest BCUT2D eigenvalue weighted by Gasteiger charge is -2.51. The molecule has 8 atom stereocenters. The van der Waals surface area contributed by atoms with Crippen molar-refractivity contribution in [1.29, 1.82) is 0 Å². The maximum atomic E-state index is 11.6. The van der Waals surface area contributed by atoms with Gasteiger partial charge in [-0.2, -0.15) is 0 Å². The highest BCUT2D eigenvalue weighted by Gasteiger charge is 2.61. The molecule has 0 amide bonds. The van der Waals surface area contributed by atoms with Crippen LogP contribution in [0.4, 0.5) is 0 Å². The van der Waals surface area contributed by atoms with Crippen LogP contribution in [0, 0.1) is 11.8 Å². The molecule has 8 unspecified atom stereocenters. The molecular formula is C31H46O9. The van der Waals surface area contributed by atoms with E-state index in [2.05, 4.69) is 6.58 Å². The molecule has 0 aromatic heterocycles. The summed E-state index contributed by atoms with van der Waals surface area (Å²) in [4.78, 5) is 0. The Kier molecular flexibility index (Phi) is 10.7. The Balaban J connectivity index is 1.63. The van der Waals surface area contributed by atoms with Gasteiger partial charge in [-0.05, 0) is 74.1 Å². The zero-order chi connectivity index (χ0) is 28.8. The van der Waals surface area contributed by atoms with Crippen molar-refractivity contribution in [2.75, 3.05) is 13.2 Å². The minimum atomic E-state index is -1.61. The molecule has 0 radical (unpaired) electrons. The third kappa shape index (κ3) is 6.90. The number of aliphatic hydroxyl groups is 6. The van der Waals surface area contributed by atoms with E-state index in [4.69, 9.17) is 14.2 Å². The van der Waals surface area contributed by atoms with Gasteiger partial charge in [-0.1, -0.05) is 37.5 Å². The molecular weight excluding hydrogens is 516 g/mol. The number of aliphatic hydroxyl groups excluding tert-OH is 5. The van der Waals surface area contributed by atoms with E-state index in [1.807, 2.05) is 18.2 Å². The fraction of sp³-hybridized carbons (Fsp3) is 0.677. The molecule has 1 aromatic rings. The van der Waals surface area contributed by atoms with Crippen LogP contribution in [0.5, 0.6) is 5.75 Å². The molecule has 2 aliphatic heterocycles. The topological polar surface area (TPSA) is 149 Å². The van der Waals surface area contributed by atoms with Gasteiger partial charge >= 0.3 is 0 Å². The second kappa shape index (κ2) is 13.8. The van der Waals surface area contributed by atoms with E-state index in [1.165, 1.54) is 6.26 Å². The summed E-state index contributed by atoms with van der Waals surface area (Å²) in [6.45, 7) is 3.39. The predicted molar refractivity (Wildman–Crippen MR) is 148 cm³/mol. The first-order valence-corrected chi connectivity index (χ1v) is 14.6. The molecule has 1 saturated heterocycles. The molecule has 1 aliphatic carbocycles. The maximum Gasteiger partial charge on any atom is 0.243 e. The van der Waals surface area contributed by atoms with Crippen molar-refractivity contribution >= 4 is 0 Å². The summed E-state index contributed by atoms with van der Waals surface area (Å²) in [6, 6.07) is 7.30. The highest BCUT2D eigenvalue weighted by Crippen LogP contribution is 2.46. The van der Waals surface area contributed by atoms with Crippen molar-refractivity contribution in [1.82, 2.24) is 0 Å². The van der Waals surface area contributed by atoms with Gasteiger partial charge in [-0.25, -0.2) is 0 Å². The van der Waals surface area contributed by atoms with E-state index in [-0.39, 0.29) is 32.0 Å². The van der Waals surface area contributed by atoms with Crippen molar-refractivity contribution in [2.24, 2.45) is 11.8 Å². The lowest BCUT2D eigenvalue weighted by molar-refractivity contribution is -0.333. The van der Waals surface area contributed by atoms with E-state index in [0.717, 1.165) is 24.8 Å². The molecule has 6 N–H and O–H groups in total. The molecule has 4 rings (SSSR count). The van der Waals surface area contributed by atoms with Crippen molar-refractivity contribution in [3.8, 4) is 5.75 Å². The number of rotatable bonds is 11. The number of benzene rings is 1. The second-order valence-corrected chi connectivity index (χ2v) is 11.8. The lowest BCUT2D eigenvalue weighted by atomic mass is 9.71. The fourth-order valence-corrected chi connectivity index (χ4v) is 6.51. The minimum absolute atomic E-state index is 0.0775. The first-order valence-electron chi connectivity index (χ1n) is 14.6. The average molecular weight is 563 g/mol. The SMILES string of the molecule is C=CCc1ccc(OC2OC(C(O)CCCO)C(O)C(O)C23CC(CO)C(CC2(O)CCCCC2)C=CO3)cc1. The normalized spacial score (nSPS) is 34.5. The zero-order valence-electron chi connectivity index (χ0n) is 23.2. The summed E-state index contributed by atoms with van der Waals surface area (Å²) in [7, 11) is 0. The van der Waals surface area contributed by atoms with Crippen LogP contribution in [0.25, 0.3) is 0 Å². The minimum Gasteiger partial charge on any atom is -0.486 e. The second-order valence-electron chi connectivity index (χ2n) is 11.8. The average Bonchev–Trinajstić information content (AvgIpc) is 3.13. The predicted octanol–water partition coefficient (Wildman–Crippen LogP) is 2.36. The summed E-state index contributed by atoms with van der Waals surface area (Å²) in [5, 5.41) is 64.5. The van der Waals surface area contributed by atoms with Gasteiger partial charge in [0.15, 0.2) is 5.60 Å². The monoisotopic (exact) mass is 562 g/mol. The van der Waals surface area contributed by atoms with Gasteiger partial charge in [-0.3, -0.25) is 0 Å². The molecule has 9 nitrogen and oxygen atoms in total. The lowest BCUT2D eigenvalue weighted by Crippen LogP contribution is -2.70. The first kappa shape index (κ1) is 31.0. The van der Waals surface area contributed by atoms with Crippen LogP contribution < -0.4 is 4.74 Å². The van der Waals surface area contributed by atoms with Crippen LogP contribution in [-0.4, -0.2) is 85.8 Å². The Hall–Kier alpha value is -1.98. The van der Waals surface area contributed by atoms with Crippen molar-refractivity contribution < 1.29 is 44.8 Å². The highest BCUT2D eigenvalue weighted by atomic mass is 16.7. The molecule has 224 valence electrons. The number of allylic oxidation sites excluding steroid dienone is 2. The quantitative estimate of drug-likeness (QED) is 0.224. The van der Waals surface area contributed by atoms with Gasteiger partial charge in [0.1, 0.15) is 24.1 Å². The van der Waals surface area contributed by atoms with Crippen LogP contribution in [0.1, 0.15) is 63.4 Å². The van der Waals surface area contributed by atoms with Crippen LogP contribution in [-0.2, 0) is 15.9 Å². The maximum absolute atomic E-state index is 11.6. The first-order chi connectivity index (χ1) is 19.2. The summed E-state index contributed by atoms with van der Waals surface area (Å²) in [6.07, 6.45) is 4.48. The van der Waals surface area contributed by atoms with E-state index >= 15 is 0 Å². The Morgan fingerprint density at radius 2 is 1.82 bits per heavy atom. The van der Waals surface area contributed by atoms with Crippen LogP contribution in [0.2, 0.25) is 0 Å². The number of hydrogen-bond donors (Lipinski definition) is 6. The van der Waals surface area contributed by atoms with Gasteiger partial charge in [0, 0.05) is 19.6 Å². The molecule has 1 spiro atoms. The van der Waals surface area contributed by atoms with E-state index in [9.17, 15) is 30.6 Å². The van der Waals surface area contributed by atoms with Gasteiger partial charge in [0.2, 0.25) is 6.29 Å². The Labute approximate surface area is 236 Å². The third-order valence-corrected chi connectivity index (χ3v) is 8.86. The molecule has 9 heteroatoms. The van der Waals surface area contributed by atoms with Crippen molar-refractivity contribution in [3.05, 3.63) is 54.8 Å². The van der Waals surface area contributed by atoms with Crippen molar-refractivity contribution in [2.45, 2.75) is 106 Å². The molecule has 2 fully saturated rings. The zero-order valence-corrected chi connectivity index (χ0v) is 23.2. The summed E-state index contributed by atoms with van der Waals surface area (Å²) in [5.41, 5.74) is -1.41. The largest absolute Gasteiger partial charge is 0.486 e. The summed E-state index contributed by atoms with van der Waals surface area (Å²) in [5.74, 6) is -0.217. The molecule has 1 saturated carbocycles. The highest BCUT2D eigenvalue weighted by molar-refractivity contribution is 5.29. The summed E-state index contributed by atoms with van der Waals surface area (Å²) < 4.78 is 18.6. The van der Waals surface area contributed by atoms with Crippen LogP contribution >= 0.6 is 0 Å². The summed E-state index contributed by atoms with van der Waals surface area (Å²) >= 11 is 0. The van der Waals surface area contributed by atoms with Crippen LogP contribution in [0.15, 0.2) is 49.3 Å². The van der Waals surface area contributed by atoms with E-state index in [1.54, 1.807) is 18.2 Å². The molecule has 2 heterocycles. The third-order valence-electron chi connectivity index (χ3n) is 8.86. The van der Waals surface area contributed by atoms with Crippen molar-refractivity contribution in [3.63, 3.8) is 0 Å². The smallest absolute Gasteiger partial charge is 0.243 e. The number of hydrogen-bond acceptors (Lipinski definition) is 9. The van der Waals surface area contributed by atoms with Gasteiger partial charge < -0.3 is 44.8 Å². The fourth-order valence-electron chi connectivity index (χ4n) is 6.51. The molecule has 3 aliphatic rings. The van der Waals surface area contributed by atoms with Crippen LogP contribution in [0.3, 0.4) is 0 Å². The van der Waals surface area contributed by atoms with Gasteiger partial charge in [0.05, 0.1) is 18.0 Å². The molecule has 1 aromatic carbocycles. The van der Waals surface area contributed by atoms with E-state index in [0.29, 0.717) is 37.9 Å². The Morgan fingerprint density at radius 3 is 2.48 bits per heavy atom. The Morgan fingerprint density at radius 1 is 1.10 bits per heavy atom.